The Kier molecular flexibility index (Phi) is 7.72. The Morgan fingerprint density at radius 2 is 1.03 bits per heavy atom. The lowest BCUT2D eigenvalue weighted by molar-refractivity contribution is 0.585. The highest BCUT2D eigenvalue weighted by Crippen LogP contribution is 2.39. The molecule has 172 valence electrons. The van der Waals surface area contributed by atoms with Crippen LogP contribution in [0.3, 0.4) is 0 Å². The number of benzene rings is 3. The van der Waals surface area contributed by atoms with E-state index in [0.29, 0.717) is 11.1 Å². The van der Waals surface area contributed by atoms with Gasteiger partial charge in [0.05, 0.1) is 9.79 Å². The number of rotatable bonds is 8. The summed E-state index contributed by atoms with van der Waals surface area (Å²) in [5.41, 5.74) is 1.76. The van der Waals surface area contributed by atoms with E-state index in [1.807, 2.05) is 13.0 Å². The predicted molar refractivity (Wildman–Crippen MR) is 134 cm³/mol. The van der Waals surface area contributed by atoms with Crippen molar-refractivity contribution in [1.82, 2.24) is 0 Å². The van der Waals surface area contributed by atoms with E-state index in [9.17, 15) is 16.8 Å². The molecule has 0 aromatic heterocycles. The summed E-state index contributed by atoms with van der Waals surface area (Å²) < 4.78 is 54.6. The monoisotopic (exact) mass is 480 g/mol. The molecule has 0 aliphatic carbocycles. The summed E-state index contributed by atoms with van der Waals surface area (Å²) in [7, 11) is -7.64. The van der Waals surface area contributed by atoms with Crippen LogP contribution in [0.15, 0.2) is 113 Å². The van der Waals surface area contributed by atoms with Gasteiger partial charge in [0.1, 0.15) is 10.5 Å². The average Bonchev–Trinajstić information content (AvgIpc) is 2.82. The normalized spacial score (nSPS) is 14.5. The standard InChI is InChI=1S/C27H28O4S2/c1-4-12-26(32(28,29)22-14-8-6-9-15-22)24-19-18-21(3)20-25(24)27(13-5-2)33(30,31)23-16-10-7-11-17-23/h4-20,26-27H,1-3H3. The summed E-state index contributed by atoms with van der Waals surface area (Å²) in [5, 5.41) is -2.06. The summed E-state index contributed by atoms with van der Waals surface area (Å²) in [6.45, 7) is 5.38. The van der Waals surface area contributed by atoms with Crippen molar-refractivity contribution in [1.29, 1.82) is 0 Å². The van der Waals surface area contributed by atoms with Gasteiger partial charge in [-0.1, -0.05) is 84.5 Å². The molecule has 3 rings (SSSR count). The van der Waals surface area contributed by atoms with E-state index in [-0.39, 0.29) is 9.79 Å². The summed E-state index contributed by atoms with van der Waals surface area (Å²) in [5.74, 6) is 0. The van der Waals surface area contributed by atoms with E-state index < -0.39 is 30.2 Å². The van der Waals surface area contributed by atoms with Gasteiger partial charge in [-0.2, -0.15) is 0 Å². The molecule has 0 saturated carbocycles. The summed E-state index contributed by atoms with van der Waals surface area (Å²) in [6.07, 6.45) is 6.60. The van der Waals surface area contributed by atoms with Crippen molar-refractivity contribution in [3.05, 3.63) is 120 Å². The van der Waals surface area contributed by atoms with Crippen molar-refractivity contribution in [2.75, 3.05) is 0 Å². The molecule has 0 spiro atoms. The Balaban J connectivity index is 2.29. The molecule has 2 atom stereocenters. The Bertz CT molecular complexity index is 1360. The van der Waals surface area contributed by atoms with Gasteiger partial charge in [-0.3, -0.25) is 0 Å². The molecule has 0 aliphatic heterocycles. The first-order chi connectivity index (χ1) is 15.7. The van der Waals surface area contributed by atoms with Gasteiger partial charge in [-0.25, -0.2) is 16.8 Å². The Morgan fingerprint density at radius 1 is 0.606 bits per heavy atom. The average molecular weight is 481 g/mol. The van der Waals surface area contributed by atoms with E-state index in [1.165, 1.54) is 0 Å². The second-order valence-corrected chi connectivity index (χ2v) is 11.9. The van der Waals surface area contributed by atoms with Gasteiger partial charge < -0.3 is 0 Å². The molecule has 0 aliphatic rings. The van der Waals surface area contributed by atoms with E-state index in [4.69, 9.17) is 0 Å². The third kappa shape index (κ3) is 5.18. The Hall–Kier alpha value is -2.96. The van der Waals surface area contributed by atoms with Crippen LogP contribution in [0.25, 0.3) is 0 Å². The molecule has 0 radical (unpaired) electrons. The van der Waals surface area contributed by atoms with Crippen molar-refractivity contribution in [2.45, 2.75) is 41.1 Å². The van der Waals surface area contributed by atoms with Crippen LogP contribution in [-0.2, 0) is 19.7 Å². The van der Waals surface area contributed by atoms with Crippen molar-refractivity contribution >= 4 is 19.7 Å². The molecule has 3 aromatic carbocycles. The minimum Gasteiger partial charge on any atom is -0.223 e. The fraction of sp³-hybridized carbons (Fsp3) is 0.185. The predicted octanol–water partition coefficient (Wildman–Crippen LogP) is 6.18. The molecule has 0 saturated heterocycles. The zero-order valence-corrected chi connectivity index (χ0v) is 20.6. The van der Waals surface area contributed by atoms with Gasteiger partial charge in [-0.05, 0) is 56.2 Å². The molecule has 6 heteroatoms. The van der Waals surface area contributed by atoms with Gasteiger partial charge in [0.25, 0.3) is 0 Å². The maximum absolute atomic E-state index is 13.7. The van der Waals surface area contributed by atoms with Crippen LogP contribution in [0, 0.1) is 6.92 Å². The van der Waals surface area contributed by atoms with Crippen molar-refractivity contribution in [2.24, 2.45) is 0 Å². The highest BCUT2D eigenvalue weighted by atomic mass is 32.2. The summed E-state index contributed by atoms with van der Waals surface area (Å²) in [6, 6.07) is 21.8. The molecular weight excluding hydrogens is 452 g/mol. The van der Waals surface area contributed by atoms with Gasteiger partial charge >= 0.3 is 0 Å². The molecule has 4 nitrogen and oxygen atoms in total. The molecule has 0 N–H and O–H groups in total. The van der Waals surface area contributed by atoms with Crippen LogP contribution in [0.1, 0.15) is 41.0 Å². The van der Waals surface area contributed by atoms with Crippen LogP contribution >= 0.6 is 0 Å². The molecule has 0 heterocycles. The quantitative estimate of drug-likeness (QED) is 0.361. The fourth-order valence-corrected chi connectivity index (χ4v) is 7.29. The van der Waals surface area contributed by atoms with Gasteiger partial charge in [0.15, 0.2) is 19.7 Å². The van der Waals surface area contributed by atoms with Gasteiger partial charge in [0.2, 0.25) is 0 Å². The zero-order chi connectivity index (χ0) is 24.1. The zero-order valence-electron chi connectivity index (χ0n) is 18.9. The van der Waals surface area contributed by atoms with E-state index in [1.54, 1.807) is 111 Å². The number of allylic oxidation sites excluding steroid dienone is 2. The van der Waals surface area contributed by atoms with Crippen LogP contribution in [0.4, 0.5) is 0 Å². The molecule has 0 bridgehead atoms. The molecule has 3 aromatic rings. The summed E-state index contributed by atoms with van der Waals surface area (Å²) >= 11 is 0. The second-order valence-electron chi connectivity index (χ2n) is 7.74. The molecule has 2 unspecified atom stereocenters. The van der Waals surface area contributed by atoms with Crippen LogP contribution in [0.5, 0.6) is 0 Å². The van der Waals surface area contributed by atoms with E-state index >= 15 is 0 Å². The first-order valence-electron chi connectivity index (χ1n) is 10.7. The fourth-order valence-electron chi connectivity index (χ4n) is 3.81. The smallest absolute Gasteiger partial charge is 0.188 e. The highest BCUT2D eigenvalue weighted by Gasteiger charge is 2.34. The lowest BCUT2D eigenvalue weighted by atomic mass is 9.98. The molecule has 0 amide bonds. The number of sulfone groups is 2. The van der Waals surface area contributed by atoms with Crippen LogP contribution in [-0.4, -0.2) is 16.8 Å². The Morgan fingerprint density at radius 3 is 1.45 bits per heavy atom. The first-order valence-corrected chi connectivity index (χ1v) is 13.8. The molecule has 33 heavy (non-hydrogen) atoms. The minimum absolute atomic E-state index is 0.188. The minimum atomic E-state index is -3.82. The number of hydrogen-bond acceptors (Lipinski definition) is 4. The van der Waals surface area contributed by atoms with E-state index in [0.717, 1.165) is 5.56 Å². The first kappa shape index (κ1) is 24.7. The third-order valence-electron chi connectivity index (χ3n) is 5.40. The number of hydrogen-bond donors (Lipinski definition) is 0. The largest absolute Gasteiger partial charge is 0.223 e. The molecule has 0 fully saturated rings. The highest BCUT2D eigenvalue weighted by molar-refractivity contribution is 7.92. The van der Waals surface area contributed by atoms with Gasteiger partial charge in [0, 0.05) is 0 Å². The maximum Gasteiger partial charge on any atom is 0.188 e. The lowest BCUT2D eigenvalue weighted by Crippen LogP contribution is -2.18. The summed E-state index contributed by atoms with van der Waals surface area (Å²) in [4.78, 5) is 0.377. The number of aryl methyl sites for hydroxylation is 1. The topological polar surface area (TPSA) is 68.3 Å². The Labute approximate surface area is 197 Å². The van der Waals surface area contributed by atoms with Crippen molar-refractivity contribution < 1.29 is 16.8 Å². The van der Waals surface area contributed by atoms with Crippen molar-refractivity contribution in [3.8, 4) is 0 Å². The van der Waals surface area contributed by atoms with Crippen LogP contribution in [0.2, 0.25) is 0 Å². The van der Waals surface area contributed by atoms with E-state index in [2.05, 4.69) is 0 Å². The third-order valence-corrected chi connectivity index (χ3v) is 9.42. The lowest BCUT2D eigenvalue weighted by Gasteiger charge is -2.23. The van der Waals surface area contributed by atoms with Crippen molar-refractivity contribution in [3.63, 3.8) is 0 Å². The SMILES string of the molecule is CC=CC(c1ccc(C)cc1C(C=CC)S(=O)(=O)c1ccccc1)S(=O)(=O)c1ccccc1. The van der Waals surface area contributed by atoms with Gasteiger partial charge in [-0.15, -0.1) is 0 Å². The maximum atomic E-state index is 13.7. The van der Waals surface area contributed by atoms with Crippen LogP contribution < -0.4 is 0 Å². The second kappa shape index (κ2) is 10.3. The molecular formula is C27H28O4S2.